The topological polar surface area (TPSA) is 50.7 Å². The van der Waals surface area contributed by atoms with Crippen LogP contribution in [0.15, 0.2) is 18.2 Å². The van der Waals surface area contributed by atoms with E-state index in [2.05, 4.69) is 5.32 Å². The fourth-order valence-corrected chi connectivity index (χ4v) is 2.18. The van der Waals surface area contributed by atoms with Crippen molar-refractivity contribution in [1.29, 1.82) is 0 Å². The first-order valence-electron chi connectivity index (χ1n) is 6.35. The number of rotatable bonds is 4. The molecule has 4 heteroatoms. The Morgan fingerprint density at radius 3 is 2.67 bits per heavy atom. The summed E-state index contributed by atoms with van der Waals surface area (Å²) in [6.45, 7) is 4.21. The molecule has 1 unspecified atom stereocenters. The van der Waals surface area contributed by atoms with Crippen LogP contribution in [0.4, 0.5) is 0 Å². The highest BCUT2D eigenvalue weighted by molar-refractivity contribution is 5.45. The van der Waals surface area contributed by atoms with Crippen LogP contribution in [0.2, 0.25) is 0 Å². The molecule has 0 saturated carbocycles. The summed E-state index contributed by atoms with van der Waals surface area (Å²) in [7, 11) is 1.89. The molecule has 0 amide bonds. The minimum Gasteiger partial charge on any atom is -0.490 e. The van der Waals surface area contributed by atoms with Crippen LogP contribution in [0.3, 0.4) is 0 Å². The smallest absolute Gasteiger partial charge is 0.161 e. The number of fused-ring (bicyclic) bond motifs is 1. The van der Waals surface area contributed by atoms with Crippen LogP contribution < -0.4 is 14.8 Å². The molecule has 4 nitrogen and oxygen atoms in total. The summed E-state index contributed by atoms with van der Waals surface area (Å²) in [5.74, 6) is 1.57. The predicted octanol–water partition coefficient (Wildman–Crippen LogP) is 1.32. The first kappa shape index (κ1) is 13.2. The molecule has 0 fully saturated rings. The monoisotopic (exact) mass is 251 g/mol. The van der Waals surface area contributed by atoms with Gasteiger partial charge in [0.15, 0.2) is 11.5 Å². The van der Waals surface area contributed by atoms with Gasteiger partial charge in [-0.2, -0.15) is 0 Å². The molecule has 1 heterocycles. The summed E-state index contributed by atoms with van der Waals surface area (Å²) < 4.78 is 11.3. The number of aliphatic hydroxyl groups excluding tert-OH is 1. The highest BCUT2D eigenvalue weighted by Crippen LogP contribution is 2.34. The van der Waals surface area contributed by atoms with Crippen LogP contribution in [-0.2, 0) is 5.41 Å². The lowest BCUT2D eigenvalue weighted by molar-refractivity contribution is 0.203. The van der Waals surface area contributed by atoms with Crippen molar-refractivity contribution >= 4 is 0 Å². The number of hydrogen-bond donors (Lipinski definition) is 2. The van der Waals surface area contributed by atoms with Crippen LogP contribution in [0.5, 0.6) is 11.5 Å². The molecule has 1 aromatic carbocycles. The Morgan fingerprint density at radius 1 is 1.28 bits per heavy atom. The molecule has 1 aliphatic heterocycles. The average molecular weight is 251 g/mol. The molecule has 2 rings (SSSR count). The summed E-state index contributed by atoms with van der Waals surface area (Å²) in [5, 5.41) is 12.7. The van der Waals surface area contributed by atoms with Crippen LogP contribution in [0.1, 0.15) is 18.9 Å². The molecule has 0 spiro atoms. The van der Waals surface area contributed by atoms with E-state index in [-0.39, 0.29) is 12.0 Å². The average Bonchev–Trinajstić information content (AvgIpc) is 2.63. The summed E-state index contributed by atoms with van der Waals surface area (Å²) in [6.07, 6.45) is 0.901. The van der Waals surface area contributed by atoms with Gasteiger partial charge < -0.3 is 19.9 Å². The molecule has 0 saturated heterocycles. The van der Waals surface area contributed by atoms with E-state index in [0.717, 1.165) is 23.5 Å². The van der Waals surface area contributed by atoms with Crippen molar-refractivity contribution in [2.24, 2.45) is 0 Å². The molecule has 1 aromatic rings. The van der Waals surface area contributed by atoms with Crippen molar-refractivity contribution in [2.75, 3.05) is 33.4 Å². The Hall–Kier alpha value is -1.26. The van der Waals surface area contributed by atoms with Crippen molar-refractivity contribution in [1.82, 2.24) is 5.32 Å². The molecular weight excluding hydrogens is 230 g/mol. The maximum Gasteiger partial charge on any atom is 0.161 e. The van der Waals surface area contributed by atoms with Gasteiger partial charge in [-0.05, 0) is 24.7 Å². The van der Waals surface area contributed by atoms with E-state index in [4.69, 9.17) is 9.47 Å². The van der Waals surface area contributed by atoms with E-state index in [1.54, 1.807) is 0 Å². The SMILES string of the molecule is CNCC(C)(CO)c1ccc2c(c1)OCCCO2. The fourth-order valence-electron chi connectivity index (χ4n) is 2.18. The fraction of sp³-hybridized carbons (Fsp3) is 0.571. The van der Waals surface area contributed by atoms with Gasteiger partial charge in [0.2, 0.25) is 0 Å². The number of ether oxygens (including phenoxy) is 2. The molecular formula is C14H21NO3. The number of likely N-dealkylation sites (N-methyl/N-ethyl adjacent to an activating group) is 1. The van der Waals surface area contributed by atoms with Crippen LogP contribution in [0.25, 0.3) is 0 Å². The second-order valence-electron chi connectivity index (χ2n) is 4.96. The minimum absolute atomic E-state index is 0.0908. The van der Waals surface area contributed by atoms with E-state index in [1.807, 2.05) is 32.2 Å². The first-order valence-corrected chi connectivity index (χ1v) is 6.35. The second kappa shape index (κ2) is 5.59. The molecule has 0 aromatic heterocycles. The zero-order valence-electron chi connectivity index (χ0n) is 11.0. The van der Waals surface area contributed by atoms with Crippen molar-refractivity contribution in [3.05, 3.63) is 23.8 Å². The number of nitrogens with one attached hydrogen (secondary N) is 1. The lowest BCUT2D eigenvalue weighted by Crippen LogP contribution is -2.37. The van der Waals surface area contributed by atoms with Gasteiger partial charge in [0.05, 0.1) is 19.8 Å². The van der Waals surface area contributed by atoms with Gasteiger partial charge in [-0.3, -0.25) is 0 Å². The normalized spacial score (nSPS) is 17.9. The van der Waals surface area contributed by atoms with Gasteiger partial charge in [0.25, 0.3) is 0 Å². The summed E-state index contributed by atoms with van der Waals surface area (Å²) in [5.41, 5.74) is 0.753. The van der Waals surface area contributed by atoms with Crippen LogP contribution in [0, 0.1) is 0 Å². The van der Waals surface area contributed by atoms with Crippen molar-refractivity contribution in [2.45, 2.75) is 18.8 Å². The van der Waals surface area contributed by atoms with Gasteiger partial charge in [-0.25, -0.2) is 0 Å². The molecule has 1 atom stereocenters. The highest BCUT2D eigenvalue weighted by Gasteiger charge is 2.26. The Kier molecular flexibility index (Phi) is 4.09. The minimum atomic E-state index is -0.306. The third kappa shape index (κ3) is 2.60. The standard InChI is InChI=1S/C14H21NO3/c1-14(10-16,9-15-2)11-4-5-12-13(8-11)18-7-3-6-17-12/h4-5,8,15-16H,3,6-7,9-10H2,1-2H3. The zero-order chi connectivity index (χ0) is 13.0. The molecule has 18 heavy (non-hydrogen) atoms. The van der Waals surface area contributed by atoms with Gasteiger partial charge >= 0.3 is 0 Å². The molecule has 1 aliphatic rings. The quantitative estimate of drug-likeness (QED) is 0.847. The van der Waals surface area contributed by atoms with Gasteiger partial charge in [-0.1, -0.05) is 13.0 Å². The Morgan fingerprint density at radius 2 is 2.00 bits per heavy atom. The van der Waals surface area contributed by atoms with E-state index in [1.165, 1.54) is 0 Å². The molecule has 100 valence electrons. The van der Waals surface area contributed by atoms with Crippen molar-refractivity contribution < 1.29 is 14.6 Å². The zero-order valence-corrected chi connectivity index (χ0v) is 11.0. The van der Waals surface area contributed by atoms with Crippen molar-refractivity contribution in [3.63, 3.8) is 0 Å². The van der Waals surface area contributed by atoms with E-state index < -0.39 is 0 Å². The van der Waals surface area contributed by atoms with Gasteiger partial charge in [0.1, 0.15) is 0 Å². The van der Waals surface area contributed by atoms with Gasteiger partial charge in [0, 0.05) is 18.4 Å². The van der Waals surface area contributed by atoms with E-state index in [0.29, 0.717) is 19.8 Å². The maximum absolute atomic E-state index is 9.62. The lowest BCUT2D eigenvalue weighted by atomic mass is 9.83. The Bertz CT molecular complexity index is 408. The molecule has 2 N–H and O–H groups in total. The maximum atomic E-state index is 9.62. The molecule has 0 radical (unpaired) electrons. The number of benzene rings is 1. The van der Waals surface area contributed by atoms with E-state index in [9.17, 15) is 5.11 Å². The predicted molar refractivity (Wildman–Crippen MR) is 70.4 cm³/mol. The summed E-state index contributed by atoms with van der Waals surface area (Å²) in [4.78, 5) is 0. The molecule has 0 bridgehead atoms. The lowest BCUT2D eigenvalue weighted by Gasteiger charge is -2.28. The van der Waals surface area contributed by atoms with E-state index >= 15 is 0 Å². The van der Waals surface area contributed by atoms with Crippen LogP contribution in [-0.4, -0.2) is 38.5 Å². The van der Waals surface area contributed by atoms with Crippen LogP contribution >= 0.6 is 0 Å². The first-order chi connectivity index (χ1) is 8.69. The van der Waals surface area contributed by atoms with Gasteiger partial charge in [-0.15, -0.1) is 0 Å². The Balaban J connectivity index is 2.31. The molecule has 0 aliphatic carbocycles. The summed E-state index contributed by atoms with van der Waals surface area (Å²) in [6, 6.07) is 5.91. The second-order valence-corrected chi connectivity index (χ2v) is 4.96. The Labute approximate surface area is 108 Å². The third-order valence-electron chi connectivity index (χ3n) is 3.36. The number of aliphatic hydroxyl groups is 1. The summed E-state index contributed by atoms with van der Waals surface area (Å²) >= 11 is 0. The third-order valence-corrected chi connectivity index (χ3v) is 3.36. The number of hydrogen-bond acceptors (Lipinski definition) is 4. The van der Waals surface area contributed by atoms with Crippen molar-refractivity contribution in [3.8, 4) is 11.5 Å². The highest BCUT2D eigenvalue weighted by atomic mass is 16.5. The largest absolute Gasteiger partial charge is 0.490 e.